The van der Waals surface area contributed by atoms with Crippen molar-refractivity contribution in [2.24, 2.45) is 0 Å². The number of pyridine rings is 1. The van der Waals surface area contributed by atoms with E-state index in [1.54, 1.807) is 24.3 Å². The lowest BCUT2D eigenvalue weighted by Gasteiger charge is -2.31. The predicted octanol–water partition coefficient (Wildman–Crippen LogP) is 3.96. The van der Waals surface area contributed by atoms with Crippen LogP contribution in [0.15, 0.2) is 36.5 Å². The minimum absolute atomic E-state index is 0.0427. The first-order valence-corrected chi connectivity index (χ1v) is 9.51. The number of carbonyl (C=O) groups excluding carboxylic acids is 2. The molecule has 0 radical (unpaired) electrons. The number of nitrogens with zero attached hydrogens (tertiary/aromatic N) is 1. The fourth-order valence-corrected chi connectivity index (χ4v) is 3.54. The van der Waals surface area contributed by atoms with E-state index >= 15 is 0 Å². The van der Waals surface area contributed by atoms with Crippen molar-refractivity contribution < 1.29 is 23.8 Å². The Morgan fingerprint density at radius 1 is 1.11 bits per heavy atom. The van der Waals surface area contributed by atoms with Crippen LogP contribution in [0.25, 0.3) is 0 Å². The average Bonchev–Trinajstić information content (AvgIpc) is 3.03. The van der Waals surface area contributed by atoms with Gasteiger partial charge in [0.25, 0.3) is 11.7 Å². The highest BCUT2D eigenvalue weighted by molar-refractivity contribution is 6.30. The summed E-state index contributed by atoms with van der Waals surface area (Å²) in [5, 5.41) is 3.05. The molecule has 8 heteroatoms. The zero-order valence-corrected chi connectivity index (χ0v) is 15.8. The Bertz CT molecular complexity index is 911. The van der Waals surface area contributed by atoms with Crippen LogP contribution in [0.1, 0.15) is 42.6 Å². The van der Waals surface area contributed by atoms with Gasteiger partial charge in [0.1, 0.15) is 5.69 Å². The SMILES string of the molecule is O=C(COC(=O)c1cc(Cl)ccn1)Nc1ccc2c(c1)OC1(CCCCC1)O2. The zero-order valence-electron chi connectivity index (χ0n) is 15.1. The van der Waals surface area contributed by atoms with E-state index in [-0.39, 0.29) is 5.69 Å². The number of carbonyl (C=O) groups is 2. The van der Waals surface area contributed by atoms with Gasteiger partial charge in [-0.25, -0.2) is 9.78 Å². The number of esters is 1. The van der Waals surface area contributed by atoms with Crippen molar-refractivity contribution in [3.63, 3.8) is 0 Å². The molecule has 28 heavy (non-hydrogen) atoms. The Balaban J connectivity index is 1.33. The van der Waals surface area contributed by atoms with Crippen LogP contribution in [-0.4, -0.2) is 29.3 Å². The van der Waals surface area contributed by atoms with E-state index in [0.29, 0.717) is 22.2 Å². The van der Waals surface area contributed by atoms with Gasteiger partial charge in [-0.3, -0.25) is 4.79 Å². The van der Waals surface area contributed by atoms with Gasteiger partial charge >= 0.3 is 5.97 Å². The number of rotatable bonds is 4. The molecule has 1 aromatic carbocycles. The van der Waals surface area contributed by atoms with Gasteiger partial charge in [-0.2, -0.15) is 0 Å². The van der Waals surface area contributed by atoms with Crippen LogP contribution in [0.4, 0.5) is 5.69 Å². The van der Waals surface area contributed by atoms with Crippen molar-refractivity contribution >= 4 is 29.2 Å². The van der Waals surface area contributed by atoms with Crippen LogP contribution < -0.4 is 14.8 Å². The normalized spacial score (nSPS) is 16.6. The highest BCUT2D eigenvalue weighted by atomic mass is 35.5. The molecule has 1 fully saturated rings. The molecule has 2 aliphatic rings. The van der Waals surface area contributed by atoms with E-state index in [1.165, 1.54) is 18.7 Å². The first-order valence-electron chi connectivity index (χ1n) is 9.14. The molecule has 0 bridgehead atoms. The van der Waals surface area contributed by atoms with Gasteiger partial charge in [-0.15, -0.1) is 0 Å². The van der Waals surface area contributed by atoms with Crippen molar-refractivity contribution in [2.45, 2.75) is 37.9 Å². The topological polar surface area (TPSA) is 86.8 Å². The molecule has 1 amide bonds. The zero-order chi connectivity index (χ0) is 19.6. The molecule has 0 unspecified atom stereocenters. The van der Waals surface area contributed by atoms with Gasteiger partial charge in [0.05, 0.1) is 0 Å². The van der Waals surface area contributed by atoms with Crippen molar-refractivity contribution in [3.8, 4) is 11.5 Å². The minimum Gasteiger partial charge on any atom is -0.451 e. The highest BCUT2D eigenvalue weighted by Crippen LogP contribution is 2.46. The van der Waals surface area contributed by atoms with Crippen LogP contribution in [-0.2, 0) is 9.53 Å². The highest BCUT2D eigenvalue weighted by Gasteiger charge is 2.42. The fourth-order valence-electron chi connectivity index (χ4n) is 3.38. The summed E-state index contributed by atoms with van der Waals surface area (Å²) in [7, 11) is 0. The van der Waals surface area contributed by atoms with Gasteiger partial charge in [-0.1, -0.05) is 18.0 Å². The van der Waals surface area contributed by atoms with Crippen LogP contribution in [0, 0.1) is 0 Å². The molecule has 2 heterocycles. The molecule has 0 saturated heterocycles. The number of aromatic nitrogens is 1. The molecular weight excluding hydrogens is 384 g/mol. The first-order chi connectivity index (χ1) is 13.5. The quantitative estimate of drug-likeness (QED) is 0.779. The van der Waals surface area contributed by atoms with E-state index in [9.17, 15) is 9.59 Å². The van der Waals surface area contributed by atoms with Gasteiger partial charge in [0, 0.05) is 35.8 Å². The maximum absolute atomic E-state index is 12.1. The van der Waals surface area contributed by atoms with Gasteiger partial charge in [0.15, 0.2) is 18.1 Å². The number of benzene rings is 1. The average molecular weight is 403 g/mol. The van der Waals surface area contributed by atoms with Crippen molar-refractivity contribution in [3.05, 3.63) is 47.2 Å². The molecular formula is C20H19ClN2O5. The van der Waals surface area contributed by atoms with E-state index in [2.05, 4.69) is 10.3 Å². The van der Waals surface area contributed by atoms with E-state index in [4.69, 9.17) is 25.8 Å². The maximum atomic E-state index is 12.1. The summed E-state index contributed by atoms with van der Waals surface area (Å²) in [6.45, 7) is -0.439. The molecule has 1 N–H and O–H groups in total. The predicted molar refractivity (Wildman–Crippen MR) is 102 cm³/mol. The molecule has 1 saturated carbocycles. The summed E-state index contributed by atoms with van der Waals surface area (Å²) in [6, 6.07) is 8.14. The third kappa shape index (κ3) is 4.04. The van der Waals surface area contributed by atoms with E-state index in [1.807, 2.05) is 0 Å². The van der Waals surface area contributed by atoms with E-state index in [0.717, 1.165) is 25.7 Å². The van der Waals surface area contributed by atoms with Crippen LogP contribution in [0.2, 0.25) is 5.02 Å². The Morgan fingerprint density at radius 2 is 1.89 bits per heavy atom. The Hall–Kier alpha value is -2.80. The summed E-state index contributed by atoms with van der Waals surface area (Å²) in [5.74, 6) is -0.467. The standard InChI is InChI=1S/C20H19ClN2O5/c21-13-6-9-22-15(10-13)19(25)26-12-18(24)23-14-4-5-16-17(11-14)28-20(27-16)7-2-1-3-8-20/h4-6,9-11H,1-3,7-8,12H2,(H,23,24). The van der Waals surface area contributed by atoms with Crippen molar-refractivity contribution in [2.75, 3.05) is 11.9 Å². The molecule has 4 rings (SSSR count). The van der Waals surface area contributed by atoms with E-state index < -0.39 is 24.3 Å². The summed E-state index contributed by atoms with van der Waals surface area (Å²) in [5.41, 5.74) is 0.582. The van der Waals surface area contributed by atoms with Crippen molar-refractivity contribution in [1.29, 1.82) is 0 Å². The lowest BCUT2D eigenvalue weighted by molar-refractivity contribution is -0.119. The fraction of sp³-hybridized carbons (Fsp3) is 0.350. The number of amides is 1. The number of hydrogen-bond acceptors (Lipinski definition) is 6. The number of fused-ring (bicyclic) bond motifs is 1. The third-order valence-corrected chi connectivity index (χ3v) is 4.94. The largest absolute Gasteiger partial charge is 0.451 e. The van der Waals surface area contributed by atoms with Crippen LogP contribution in [0.3, 0.4) is 0 Å². The second-order valence-electron chi connectivity index (χ2n) is 6.82. The van der Waals surface area contributed by atoms with Crippen molar-refractivity contribution in [1.82, 2.24) is 4.98 Å². The summed E-state index contributed by atoms with van der Waals surface area (Å²) in [6.07, 6.45) is 6.45. The number of nitrogens with one attached hydrogen (secondary N) is 1. The molecule has 1 aliphatic heterocycles. The molecule has 1 aliphatic carbocycles. The number of ether oxygens (including phenoxy) is 3. The number of halogens is 1. The summed E-state index contributed by atoms with van der Waals surface area (Å²) < 4.78 is 17.0. The molecule has 0 atom stereocenters. The molecule has 1 spiro atoms. The second kappa shape index (κ2) is 7.67. The second-order valence-corrected chi connectivity index (χ2v) is 7.26. The minimum atomic E-state index is -0.720. The van der Waals surface area contributed by atoms with Crippen LogP contribution in [0.5, 0.6) is 11.5 Å². The Kier molecular flexibility index (Phi) is 5.09. The van der Waals surface area contributed by atoms with Gasteiger partial charge in [0.2, 0.25) is 0 Å². The first kappa shape index (κ1) is 18.6. The summed E-state index contributed by atoms with van der Waals surface area (Å²) in [4.78, 5) is 27.9. The van der Waals surface area contributed by atoms with Gasteiger partial charge < -0.3 is 19.5 Å². The monoisotopic (exact) mass is 402 g/mol. The third-order valence-electron chi connectivity index (χ3n) is 4.70. The molecule has 1 aromatic heterocycles. The number of hydrogen-bond donors (Lipinski definition) is 1. The smallest absolute Gasteiger partial charge is 0.357 e. The molecule has 7 nitrogen and oxygen atoms in total. The summed E-state index contributed by atoms with van der Waals surface area (Å²) >= 11 is 5.81. The van der Waals surface area contributed by atoms with Gasteiger partial charge in [-0.05, 0) is 37.1 Å². The van der Waals surface area contributed by atoms with Crippen LogP contribution >= 0.6 is 11.6 Å². The Labute approximate surface area is 166 Å². The molecule has 2 aromatic rings. The lowest BCUT2D eigenvalue weighted by atomic mass is 9.94. The Morgan fingerprint density at radius 3 is 2.68 bits per heavy atom. The molecule has 146 valence electrons. The maximum Gasteiger partial charge on any atom is 0.357 e. The lowest BCUT2D eigenvalue weighted by Crippen LogP contribution is -2.40. The number of anilines is 1.